The van der Waals surface area contributed by atoms with E-state index in [0.29, 0.717) is 25.4 Å². The highest BCUT2D eigenvalue weighted by Gasteiger charge is 2.44. The lowest BCUT2D eigenvalue weighted by molar-refractivity contribution is -0.174. The molecule has 0 amide bonds. The Labute approximate surface area is 261 Å². The summed E-state index contributed by atoms with van der Waals surface area (Å²) >= 11 is 0. The van der Waals surface area contributed by atoms with Crippen molar-refractivity contribution in [1.82, 2.24) is 0 Å². The van der Waals surface area contributed by atoms with Gasteiger partial charge in [-0.1, -0.05) is 26.7 Å². The molecule has 0 aliphatic heterocycles. The van der Waals surface area contributed by atoms with E-state index in [4.69, 9.17) is 28.2 Å². The normalized spacial score (nSPS) is 14.0. The summed E-state index contributed by atoms with van der Waals surface area (Å²) in [6, 6.07) is 0. The van der Waals surface area contributed by atoms with Gasteiger partial charge in [-0.3, -0.25) is 0 Å². The Bertz CT molecular complexity index is 927. The Balaban J connectivity index is 6.15. The summed E-state index contributed by atoms with van der Waals surface area (Å²) in [5.74, 6) is -1.52. The molecule has 0 aromatic rings. The number of rotatable bonds is 21. The van der Waals surface area contributed by atoms with Crippen molar-refractivity contribution in [2.24, 2.45) is 0 Å². The maximum atomic E-state index is 11.9. The van der Waals surface area contributed by atoms with Crippen LogP contribution < -0.4 is 0 Å². The van der Waals surface area contributed by atoms with E-state index >= 15 is 0 Å². The Morgan fingerprint density at radius 2 is 0.930 bits per heavy atom. The van der Waals surface area contributed by atoms with Gasteiger partial charge in [0.25, 0.3) is 0 Å². The fourth-order valence-corrected chi connectivity index (χ4v) is 6.89. The third-order valence-corrected chi connectivity index (χ3v) is 8.25. The van der Waals surface area contributed by atoms with Crippen molar-refractivity contribution >= 4 is 26.1 Å². The van der Waals surface area contributed by atoms with Crippen LogP contribution in [0.3, 0.4) is 0 Å². The van der Waals surface area contributed by atoms with Crippen LogP contribution in [0.15, 0.2) is 38.0 Å². The summed E-state index contributed by atoms with van der Waals surface area (Å²) in [7, 11) is -1.08. The maximum absolute atomic E-state index is 11.9. The average Bonchev–Trinajstić information content (AvgIpc) is 2.84. The second kappa shape index (κ2) is 16.3. The van der Waals surface area contributed by atoms with E-state index in [9.17, 15) is 14.4 Å². The SMILES string of the molecule is C=CC(=O)OC(C)(C)COC(C)(C)CC(CC)(CC(C)(C)OCC(C)(C)OC(=O)C=C)OP(C)CC(C)(C)OC(=O)C=C. The summed E-state index contributed by atoms with van der Waals surface area (Å²) in [6.45, 7) is 33.6. The van der Waals surface area contributed by atoms with Gasteiger partial charge in [0, 0.05) is 45.4 Å². The van der Waals surface area contributed by atoms with E-state index in [1.165, 1.54) is 0 Å². The largest absolute Gasteiger partial charge is 0.456 e. The molecule has 0 aliphatic rings. The first-order valence-electron chi connectivity index (χ1n) is 14.6. The molecule has 0 fully saturated rings. The van der Waals surface area contributed by atoms with E-state index in [-0.39, 0.29) is 13.2 Å². The molecule has 0 radical (unpaired) electrons. The molecule has 0 aromatic heterocycles. The summed E-state index contributed by atoms with van der Waals surface area (Å²) < 4.78 is 36.1. The number of carbonyl (C=O) groups is 3. The van der Waals surface area contributed by atoms with Crippen molar-refractivity contribution in [2.45, 2.75) is 129 Å². The fourth-order valence-electron chi connectivity index (χ4n) is 4.77. The van der Waals surface area contributed by atoms with Gasteiger partial charge < -0.3 is 28.2 Å². The Morgan fingerprint density at radius 1 is 0.605 bits per heavy atom. The molecule has 0 N–H and O–H groups in total. The van der Waals surface area contributed by atoms with Gasteiger partial charge in [0.2, 0.25) is 0 Å². The molecule has 1 atom stereocenters. The van der Waals surface area contributed by atoms with Crippen LogP contribution in [-0.4, -0.2) is 77.6 Å². The molecular formula is C33H57O9P. The van der Waals surface area contributed by atoms with E-state index in [0.717, 1.165) is 18.2 Å². The van der Waals surface area contributed by atoms with E-state index in [1.807, 2.05) is 48.2 Å². The molecule has 0 aromatic carbocycles. The average molecular weight is 629 g/mol. The minimum atomic E-state index is -1.08. The molecule has 0 saturated heterocycles. The summed E-state index contributed by atoms with van der Waals surface area (Å²) in [5, 5.41) is 0. The topological polar surface area (TPSA) is 107 Å². The first-order valence-corrected chi connectivity index (χ1v) is 16.5. The zero-order valence-corrected chi connectivity index (χ0v) is 29.6. The van der Waals surface area contributed by atoms with Crippen molar-refractivity contribution in [3.05, 3.63) is 38.0 Å². The van der Waals surface area contributed by atoms with Gasteiger partial charge in [-0.25, -0.2) is 14.4 Å². The van der Waals surface area contributed by atoms with Gasteiger partial charge in [-0.15, -0.1) is 0 Å². The Morgan fingerprint density at radius 3 is 1.23 bits per heavy atom. The van der Waals surface area contributed by atoms with Gasteiger partial charge in [0.05, 0.1) is 30.0 Å². The summed E-state index contributed by atoms with van der Waals surface area (Å²) in [4.78, 5) is 35.6. The molecule has 9 nitrogen and oxygen atoms in total. The quantitative estimate of drug-likeness (QED) is 0.0571. The monoisotopic (exact) mass is 628 g/mol. The second-order valence-electron chi connectivity index (χ2n) is 14.0. The lowest BCUT2D eigenvalue weighted by atomic mass is 9.79. The molecule has 0 aliphatic carbocycles. The first kappa shape index (κ1) is 40.9. The minimum Gasteiger partial charge on any atom is -0.456 e. The molecule has 0 bridgehead atoms. The molecule has 1 unspecified atom stereocenters. The third kappa shape index (κ3) is 17.1. The lowest BCUT2D eigenvalue weighted by Crippen LogP contribution is -2.48. The molecule has 0 heterocycles. The van der Waals surface area contributed by atoms with E-state index in [2.05, 4.69) is 26.7 Å². The lowest BCUT2D eigenvalue weighted by Gasteiger charge is -2.46. The van der Waals surface area contributed by atoms with Crippen molar-refractivity contribution in [3.63, 3.8) is 0 Å². The van der Waals surface area contributed by atoms with Gasteiger partial charge in [0.1, 0.15) is 16.8 Å². The van der Waals surface area contributed by atoms with Crippen LogP contribution in [0.2, 0.25) is 0 Å². The number of carbonyl (C=O) groups excluding carboxylic acids is 3. The van der Waals surface area contributed by atoms with Crippen LogP contribution >= 0.6 is 8.15 Å². The van der Waals surface area contributed by atoms with E-state index in [1.54, 1.807) is 27.7 Å². The highest BCUT2D eigenvalue weighted by Crippen LogP contribution is 2.49. The van der Waals surface area contributed by atoms with Gasteiger partial charge in [-0.05, 0) is 82.3 Å². The number of esters is 3. The van der Waals surface area contributed by atoms with Crippen LogP contribution in [0.25, 0.3) is 0 Å². The Kier molecular flexibility index (Phi) is 15.5. The third-order valence-electron chi connectivity index (χ3n) is 6.34. The Hall–Kier alpha value is -2.06. The molecule has 43 heavy (non-hydrogen) atoms. The summed E-state index contributed by atoms with van der Waals surface area (Å²) in [5.41, 5.74) is -4.60. The molecule has 0 spiro atoms. The maximum Gasteiger partial charge on any atom is 0.330 e. The predicted octanol–water partition coefficient (Wildman–Crippen LogP) is 7.07. The van der Waals surface area contributed by atoms with Gasteiger partial charge in [0.15, 0.2) is 0 Å². The zero-order valence-electron chi connectivity index (χ0n) is 28.7. The van der Waals surface area contributed by atoms with Crippen molar-refractivity contribution in [1.29, 1.82) is 0 Å². The second-order valence-corrected chi connectivity index (χ2v) is 15.8. The first-order chi connectivity index (χ1) is 19.4. The van der Waals surface area contributed by atoms with E-state index < -0.39 is 59.7 Å². The number of ether oxygens (including phenoxy) is 5. The highest BCUT2D eigenvalue weighted by atomic mass is 31.1. The molecule has 0 saturated carbocycles. The molecule has 10 heteroatoms. The number of hydrogen-bond acceptors (Lipinski definition) is 9. The predicted molar refractivity (Wildman–Crippen MR) is 172 cm³/mol. The smallest absolute Gasteiger partial charge is 0.330 e. The fraction of sp³-hybridized carbons (Fsp3) is 0.727. The molecular weight excluding hydrogens is 571 g/mol. The highest BCUT2D eigenvalue weighted by molar-refractivity contribution is 7.51. The minimum absolute atomic E-state index is 0.160. The van der Waals surface area contributed by atoms with Crippen LogP contribution in [0.1, 0.15) is 95.4 Å². The molecule has 0 rings (SSSR count). The van der Waals surface area contributed by atoms with Crippen LogP contribution in [0.4, 0.5) is 0 Å². The van der Waals surface area contributed by atoms with Gasteiger partial charge >= 0.3 is 17.9 Å². The van der Waals surface area contributed by atoms with Crippen molar-refractivity contribution < 1.29 is 42.6 Å². The standard InChI is InChI=1S/C33H57O9P/c1-16-25(34)39-30(9,10)22-37-28(5,6)20-33(19-4,42-43(15)24-32(13,14)41-27(36)18-3)21-29(7,8)38-23-31(11,12)40-26(35)17-2/h16-18H,1-3,19-24H2,4-15H3. The van der Waals surface area contributed by atoms with Crippen LogP contribution in [0, 0.1) is 0 Å². The summed E-state index contributed by atoms with van der Waals surface area (Å²) in [6.07, 6.45) is 5.52. The zero-order chi connectivity index (χ0) is 33.9. The van der Waals surface area contributed by atoms with Crippen molar-refractivity contribution in [3.8, 4) is 0 Å². The van der Waals surface area contributed by atoms with Crippen molar-refractivity contribution in [2.75, 3.05) is 26.0 Å². The number of hydrogen-bond donors (Lipinski definition) is 0. The van der Waals surface area contributed by atoms with Gasteiger partial charge in [-0.2, -0.15) is 0 Å². The molecule has 248 valence electrons. The van der Waals surface area contributed by atoms with Crippen LogP contribution in [-0.2, 0) is 42.6 Å². The van der Waals surface area contributed by atoms with Crippen LogP contribution in [0.5, 0.6) is 0 Å².